The Morgan fingerprint density at radius 2 is 2.22 bits per heavy atom. The van der Waals surface area contributed by atoms with Crippen molar-refractivity contribution in [1.82, 2.24) is 9.99 Å². The quantitative estimate of drug-likeness (QED) is 0.651. The minimum absolute atomic E-state index is 0.235. The fourth-order valence-corrected chi connectivity index (χ4v) is 1.46. The first-order valence-corrected chi connectivity index (χ1v) is 5.37. The van der Waals surface area contributed by atoms with Gasteiger partial charge in [0.15, 0.2) is 0 Å². The average molecular weight is 245 g/mol. The number of halogens is 1. The van der Waals surface area contributed by atoms with Crippen molar-refractivity contribution < 1.29 is 9.18 Å². The topological polar surface area (TPSA) is 46.4 Å². The lowest BCUT2D eigenvalue weighted by molar-refractivity contribution is 0.0954. The standard InChI is InChI=1S/C13H12FN3O/c1-17-7-3-6-12(17)9-15-16-13(18)10-4-2-5-11(14)8-10/h2-9H,1H3,(H,16,18). The number of nitrogens with zero attached hydrogens (tertiary/aromatic N) is 2. The van der Waals surface area contributed by atoms with Gasteiger partial charge in [-0.25, -0.2) is 9.82 Å². The number of nitrogens with one attached hydrogen (secondary N) is 1. The van der Waals surface area contributed by atoms with Crippen LogP contribution in [0, 0.1) is 5.82 Å². The molecule has 0 aliphatic rings. The molecule has 2 rings (SSSR count). The van der Waals surface area contributed by atoms with Crippen LogP contribution in [0.25, 0.3) is 0 Å². The molecule has 1 N–H and O–H groups in total. The van der Waals surface area contributed by atoms with Gasteiger partial charge in [-0.05, 0) is 30.3 Å². The fraction of sp³-hybridized carbons (Fsp3) is 0.0769. The molecule has 0 atom stereocenters. The molecule has 4 nitrogen and oxygen atoms in total. The second-order valence-electron chi connectivity index (χ2n) is 3.75. The van der Waals surface area contributed by atoms with E-state index in [1.54, 1.807) is 0 Å². The van der Waals surface area contributed by atoms with Gasteiger partial charge in [0.05, 0.1) is 11.9 Å². The van der Waals surface area contributed by atoms with E-state index in [-0.39, 0.29) is 5.56 Å². The summed E-state index contributed by atoms with van der Waals surface area (Å²) in [5.74, 6) is -0.894. The first-order chi connectivity index (χ1) is 8.66. The highest BCUT2D eigenvalue weighted by Crippen LogP contribution is 2.03. The van der Waals surface area contributed by atoms with Crippen molar-refractivity contribution in [1.29, 1.82) is 0 Å². The number of aryl methyl sites for hydroxylation is 1. The highest BCUT2D eigenvalue weighted by atomic mass is 19.1. The third-order valence-corrected chi connectivity index (χ3v) is 2.43. The molecule has 1 aromatic carbocycles. The van der Waals surface area contributed by atoms with Crippen LogP contribution in [-0.4, -0.2) is 16.7 Å². The number of hydrogen-bond donors (Lipinski definition) is 1. The predicted molar refractivity (Wildman–Crippen MR) is 66.9 cm³/mol. The van der Waals surface area contributed by atoms with E-state index in [0.717, 1.165) is 11.8 Å². The molecule has 0 aliphatic heterocycles. The van der Waals surface area contributed by atoms with Crippen molar-refractivity contribution in [3.63, 3.8) is 0 Å². The molecule has 0 bridgehead atoms. The number of hydrazone groups is 1. The molecule has 0 saturated carbocycles. The molecule has 1 amide bonds. The SMILES string of the molecule is Cn1cccc1C=NNC(=O)c1cccc(F)c1. The second kappa shape index (κ2) is 5.27. The van der Waals surface area contributed by atoms with Gasteiger partial charge in [-0.15, -0.1) is 0 Å². The first-order valence-electron chi connectivity index (χ1n) is 5.37. The number of aromatic nitrogens is 1. The molecule has 92 valence electrons. The Balaban J connectivity index is 2.01. The van der Waals surface area contributed by atoms with Gasteiger partial charge in [0, 0.05) is 18.8 Å². The van der Waals surface area contributed by atoms with E-state index in [1.807, 2.05) is 29.9 Å². The van der Waals surface area contributed by atoms with E-state index in [0.29, 0.717) is 0 Å². The van der Waals surface area contributed by atoms with E-state index in [2.05, 4.69) is 10.5 Å². The van der Waals surface area contributed by atoms with Crippen LogP contribution in [-0.2, 0) is 7.05 Å². The van der Waals surface area contributed by atoms with Gasteiger partial charge in [-0.2, -0.15) is 5.10 Å². The van der Waals surface area contributed by atoms with Crippen LogP contribution in [0.5, 0.6) is 0 Å². The molecule has 0 spiro atoms. The minimum atomic E-state index is -0.450. The number of hydrogen-bond acceptors (Lipinski definition) is 2. The summed E-state index contributed by atoms with van der Waals surface area (Å²) in [6, 6.07) is 9.17. The monoisotopic (exact) mass is 245 g/mol. The largest absolute Gasteiger partial charge is 0.350 e. The van der Waals surface area contributed by atoms with Crippen LogP contribution in [0.1, 0.15) is 16.1 Å². The number of amides is 1. The molecule has 0 unspecified atom stereocenters. The van der Waals surface area contributed by atoms with Crippen LogP contribution < -0.4 is 5.43 Å². The number of rotatable bonds is 3. The first kappa shape index (κ1) is 12.0. The molecule has 0 radical (unpaired) electrons. The number of carbonyl (C=O) groups excluding carboxylic acids is 1. The van der Waals surface area contributed by atoms with Crippen LogP contribution in [0.2, 0.25) is 0 Å². The molecule has 1 heterocycles. The smallest absolute Gasteiger partial charge is 0.271 e. The Bertz CT molecular complexity index is 589. The zero-order valence-corrected chi connectivity index (χ0v) is 9.80. The lowest BCUT2D eigenvalue weighted by Crippen LogP contribution is -2.17. The van der Waals surface area contributed by atoms with E-state index in [4.69, 9.17) is 0 Å². The third-order valence-electron chi connectivity index (χ3n) is 2.43. The zero-order valence-electron chi connectivity index (χ0n) is 9.80. The number of benzene rings is 1. The van der Waals surface area contributed by atoms with Gasteiger partial charge in [0.25, 0.3) is 5.91 Å². The summed E-state index contributed by atoms with van der Waals surface area (Å²) >= 11 is 0. The molecule has 0 aliphatic carbocycles. The number of carbonyl (C=O) groups is 1. The highest BCUT2D eigenvalue weighted by molar-refractivity contribution is 5.94. The normalized spacial score (nSPS) is 10.8. The molecule has 2 aromatic rings. The summed E-state index contributed by atoms with van der Waals surface area (Å²) in [7, 11) is 1.87. The van der Waals surface area contributed by atoms with Crippen LogP contribution in [0.4, 0.5) is 4.39 Å². The summed E-state index contributed by atoms with van der Waals surface area (Å²) in [6.07, 6.45) is 3.40. The maximum atomic E-state index is 12.9. The molecule has 18 heavy (non-hydrogen) atoms. The third kappa shape index (κ3) is 2.82. The van der Waals surface area contributed by atoms with Crippen molar-refractivity contribution in [3.05, 3.63) is 59.7 Å². The van der Waals surface area contributed by atoms with Gasteiger partial charge < -0.3 is 4.57 Å². The molecule has 0 saturated heterocycles. The van der Waals surface area contributed by atoms with Gasteiger partial charge in [-0.3, -0.25) is 4.79 Å². The Hall–Kier alpha value is -2.43. The molecule has 5 heteroatoms. The van der Waals surface area contributed by atoms with Gasteiger partial charge >= 0.3 is 0 Å². The fourth-order valence-electron chi connectivity index (χ4n) is 1.46. The Kier molecular flexibility index (Phi) is 3.52. The van der Waals surface area contributed by atoms with Crippen molar-refractivity contribution in [2.45, 2.75) is 0 Å². The maximum absolute atomic E-state index is 12.9. The minimum Gasteiger partial charge on any atom is -0.350 e. The van der Waals surface area contributed by atoms with Gasteiger partial charge in [0.2, 0.25) is 0 Å². The van der Waals surface area contributed by atoms with Crippen LogP contribution in [0.3, 0.4) is 0 Å². The summed E-state index contributed by atoms with van der Waals surface area (Å²) in [4.78, 5) is 11.6. The maximum Gasteiger partial charge on any atom is 0.271 e. The predicted octanol–water partition coefficient (Wildman–Crippen LogP) is 1.93. The van der Waals surface area contributed by atoms with E-state index in [1.165, 1.54) is 24.4 Å². The summed E-state index contributed by atoms with van der Waals surface area (Å²) in [6.45, 7) is 0. The van der Waals surface area contributed by atoms with Crippen LogP contribution >= 0.6 is 0 Å². The lowest BCUT2D eigenvalue weighted by Gasteiger charge is -2.00. The van der Waals surface area contributed by atoms with E-state index < -0.39 is 11.7 Å². The Morgan fingerprint density at radius 3 is 2.89 bits per heavy atom. The van der Waals surface area contributed by atoms with E-state index in [9.17, 15) is 9.18 Å². The van der Waals surface area contributed by atoms with E-state index >= 15 is 0 Å². The molecular formula is C13H12FN3O. The lowest BCUT2D eigenvalue weighted by atomic mass is 10.2. The van der Waals surface area contributed by atoms with Gasteiger partial charge in [0.1, 0.15) is 5.82 Å². The van der Waals surface area contributed by atoms with Crippen molar-refractivity contribution in [2.75, 3.05) is 0 Å². The van der Waals surface area contributed by atoms with Crippen molar-refractivity contribution in [3.8, 4) is 0 Å². The molecular weight excluding hydrogens is 233 g/mol. The summed E-state index contributed by atoms with van der Waals surface area (Å²) in [5.41, 5.74) is 3.43. The molecule has 0 fully saturated rings. The van der Waals surface area contributed by atoms with Gasteiger partial charge in [-0.1, -0.05) is 6.07 Å². The molecule has 1 aromatic heterocycles. The second-order valence-corrected chi connectivity index (χ2v) is 3.75. The van der Waals surface area contributed by atoms with Crippen molar-refractivity contribution in [2.24, 2.45) is 12.1 Å². The Labute approximate surface area is 104 Å². The van der Waals surface area contributed by atoms with Crippen LogP contribution in [0.15, 0.2) is 47.7 Å². The average Bonchev–Trinajstić information content (AvgIpc) is 2.75. The summed E-state index contributed by atoms with van der Waals surface area (Å²) < 4.78 is 14.8. The van der Waals surface area contributed by atoms with Crippen molar-refractivity contribution >= 4 is 12.1 Å². The zero-order chi connectivity index (χ0) is 13.0. The summed E-state index contributed by atoms with van der Waals surface area (Å²) in [5, 5.41) is 3.81. The Morgan fingerprint density at radius 1 is 1.39 bits per heavy atom. The highest BCUT2D eigenvalue weighted by Gasteiger charge is 2.04.